The Balaban J connectivity index is 1.22. The van der Waals surface area contributed by atoms with Crippen molar-refractivity contribution in [1.82, 2.24) is 14.9 Å². The summed E-state index contributed by atoms with van der Waals surface area (Å²) in [7, 11) is 0. The lowest BCUT2D eigenvalue weighted by atomic mass is 9.88. The van der Waals surface area contributed by atoms with E-state index in [1.165, 1.54) is 17.4 Å². The van der Waals surface area contributed by atoms with Crippen molar-refractivity contribution in [3.8, 4) is 0 Å². The second-order valence-corrected chi connectivity index (χ2v) is 11.9. The van der Waals surface area contributed by atoms with Crippen LogP contribution in [0.3, 0.4) is 0 Å². The average molecular weight is 530 g/mol. The smallest absolute Gasteiger partial charge is 0.269 e. The molecule has 1 amide bonds. The third-order valence-electron chi connectivity index (χ3n) is 6.64. The molecule has 9 nitrogen and oxygen atoms in total. The van der Waals surface area contributed by atoms with E-state index in [1.54, 1.807) is 30.1 Å². The van der Waals surface area contributed by atoms with E-state index in [-0.39, 0.29) is 27.9 Å². The molecule has 0 bridgehead atoms. The van der Waals surface area contributed by atoms with Crippen LogP contribution in [-0.4, -0.2) is 38.8 Å². The van der Waals surface area contributed by atoms with Crippen LogP contribution < -0.4 is 5.32 Å². The lowest BCUT2D eigenvalue weighted by Crippen LogP contribution is -2.37. The van der Waals surface area contributed by atoms with Gasteiger partial charge in [-0.05, 0) is 37.9 Å². The van der Waals surface area contributed by atoms with Crippen molar-refractivity contribution in [3.63, 3.8) is 0 Å². The standard InChI is InChI=1S/C25H31N5O4S2/c1-4-25(2,3)20-13-26-21(34-20)16-35-22-14-27-24(36-22)28-23(31)18-8-10-29(11-9-18)15-17-6-5-7-19(12-17)30(32)33/h5-7,12-14,18H,4,8-11,15-16H2,1-3H3,(H,27,28,31). The first-order chi connectivity index (χ1) is 17.2. The van der Waals surface area contributed by atoms with Crippen LogP contribution in [-0.2, 0) is 22.5 Å². The molecule has 1 fully saturated rings. The first kappa shape index (κ1) is 26.3. The molecule has 3 heterocycles. The van der Waals surface area contributed by atoms with Gasteiger partial charge in [-0.25, -0.2) is 9.97 Å². The minimum Gasteiger partial charge on any atom is -0.444 e. The highest BCUT2D eigenvalue weighted by molar-refractivity contribution is 8.00. The van der Waals surface area contributed by atoms with Gasteiger partial charge in [0.25, 0.3) is 5.69 Å². The maximum Gasteiger partial charge on any atom is 0.269 e. The summed E-state index contributed by atoms with van der Waals surface area (Å²) >= 11 is 3.04. The zero-order chi connectivity index (χ0) is 25.7. The Morgan fingerprint density at radius 2 is 2.08 bits per heavy atom. The molecule has 1 aromatic carbocycles. The molecule has 1 saturated heterocycles. The first-order valence-corrected chi connectivity index (χ1v) is 13.8. The Hall–Kier alpha value is -2.76. The van der Waals surface area contributed by atoms with E-state index in [0.29, 0.717) is 23.3 Å². The number of benzene rings is 1. The number of likely N-dealkylation sites (tertiary alicyclic amines) is 1. The number of non-ortho nitro benzene ring substituents is 1. The number of nitrogens with zero attached hydrogens (tertiary/aromatic N) is 4. The third kappa shape index (κ3) is 6.71. The quantitative estimate of drug-likeness (QED) is 0.197. The van der Waals surface area contributed by atoms with Crippen LogP contribution in [0.2, 0.25) is 0 Å². The lowest BCUT2D eigenvalue weighted by Gasteiger charge is -2.31. The fourth-order valence-electron chi connectivity index (χ4n) is 3.97. The Kier molecular flexibility index (Phi) is 8.43. The number of rotatable bonds is 10. The lowest BCUT2D eigenvalue weighted by molar-refractivity contribution is -0.384. The molecule has 0 spiro atoms. The first-order valence-electron chi connectivity index (χ1n) is 12.0. The van der Waals surface area contributed by atoms with E-state index >= 15 is 0 Å². The summed E-state index contributed by atoms with van der Waals surface area (Å²) < 4.78 is 6.92. The number of hydrogen-bond donors (Lipinski definition) is 1. The summed E-state index contributed by atoms with van der Waals surface area (Å²) in [5.74, 6) is 2.12. The molecule has 192 valence electrons. The zero-order valence-electron chi connectivity index (χ0n) is 20.7. The van der Waals surface area contributed by atoms with Gasteiger partial charge in [-0.3, -0.25) is 19.8 Å². The second-order valence-electron chi connectivity index (χ2n) is 9.60. The van der Waals surface area contributed by atoms with Crippen LogP contribution >= 0.6 is 23.1 Å². The highest BCUT2D eigenvalue weighted by Crippen LogP contribution is 2.33. The van der Waals surface area contributed by atoms with E-state index in [1.807, 2.05) is 12.3 Å². The molecule has 1 aliphatic rings. The van der Waals surface area contributed by atoms with Crippen molar-refractivity contribution >= 4 is 39.8 Å². The number of thiazole rings is 1. The molecular formula is C25H31N5O4S2. The van der Waals surface area contributed by atoms with E-state index in [0.717, 1.165) is 47.9 Å². The van der Waals surface area contributed by atoms with Crippen LogP contribution in [0.15, 0.2) is 45.3 Å². The number of oxazole rings is 1. The number of nitro benzene ring substituents is 1. The van der Waals surface area contributed by atoms with Gasteiger partial charge in [0.05, 0.1) is 27.3 Å². The monoisotopic (exact) mass is 529 g/mol. The highest BCUT2D eigenvalue weighted by atomic mass is 32.2. The molecule has 0 aliphatic carbocycles. The molecule has 1 aliphatic heterocycles. The van der Waals surface area contributed by atoms with Crippen LogP contribution in [0.1, 0.15) is 57.2 Å². The number of nitro groups is 1. The molecular weight excluding hydrogens is 498 g/mol. The number of amides is 1. The summed E-state index contributed by atoms with van der Waals surface area (Å²) in [6.45, 7) is 8.60. The molecule has 36 heavy (non-hydrogen) atoms. The number of piperidine rings is 1. The molecule has 3 aromatic rings. The van der Waals surface area contributed by atoms with Crippen LogP contribution in [0.5, 0.6) is 0 Å². The number of anilines is 1. The number of thioether (sulfide) groups is 1. The van der Waals surface area contributed by atoms with Crippen molar-refractivity contribution in [1.29, 1.82) is 0 Å². The zero-order valence-corrected chi connectivity index (χ0v) is 22.4. The Morgan fingerprint density at radius 3 is 2.81 bits per heavy atom. The number of aromatic nitrogens is 2. The van der Waals surface area contributed by atoms with Gasteiger partial charge in [-0.1, -0.05) is 44.2 Å². The molecule has 0 radical (unpaired) electrons. The van der Waals surface area contributed by atoms with Crippen molar-refractivity contribution in [3.05, 3.63) is 64.0 Å². The molecule has 11 heteroatoms. The van der Waals surface area contributed by atoms with Gasteiger partial charge in [-0.15, -0.1) is 11.8 Å². The number of nitrogens with one attached hydrogen (secondary N) is 1. The summed E-state index contributed by atoms with van der Waals surface area (Å²) in [6.07, 6.45) is 6.05. The average Bonchev–Trinajstić information content (AvgIpc) is 3.53. The predicted octanol–water partition coefficient (Wildman–Crippen LogP) is 5.87. The van der Waals surface area contributed by atoms with E-state index in [4.69, 9.17) is 4.42 Å². The molecule has 2 aromatic heterocycles. The van der Waals surface area contributed by atoms with Crippen LogP contribution in [0, 0.1) is 16.0 Å². The van der Waals surface area contributed by atoms with E-state index in [2.05, 4.69) is 41.0 Å². The number of carbonyl (C=O) groups excluding carboxylic acids is 1. The topological polar surface area (TPSA) is 114 Å². The minimum absolute atomic E-state index is 0.00459. The van der Waals surface area contributed by atoms with Gasteiger partial charge in [0.1, 0.15) is 5.76 Å². The van der Waals surface area contributed by atoms with Gasteiger partial charge in [-0.2, -0.15) is 0 Å². The molecule has 0 atom stereocenters. The summed E-state index contributed by atoms with van der Waals surface area (Å²) in [4.78, 5) is 34.4. The largest absolute Gasteiger partial charge is 0.444 e. The normalized spacial score (nSPS) is 15.2. The maximum absolute atomic E-state index is 12.8. The van der Waals surface area contributed by atoms with Crippen molar-refractivity contribution in [2.45, 2.75) is 62.0 Å². The second kappa shape index (κ2) is 11.5. The van der Waals surface area contributed by atoms with Gasteiger partial charge < -0.3 is 9.73 Å². The third-order valence-corrected chi connectivity index (χ3v) is 8.74. The van der Waals surface area contributed by atoms with Crippen molar-refractivity contribution in [2.75, 3.05) is 18.4 Å². The SMILES string of the molecule is CCC(C)(C)c1cnc(CSc2cnc(NC(=O)C3CCN(Cc4cccc([N+](=O)[O-])c4)CC3)s2)o1. The van der Waals surface area contributed by atoms with Gasteiger partial charge in [0, 0.05) is 30.0 Å². The highest BCUT2D eigenvalue weighted by Gasteiger charge is 2.26. The summed E-state index contributed by atoms with van der Waals surface area (Å²) in [6, 6.07) is 6.73. The van der Waals surface area contributed by atoms with E-state index < -0.39 is 0 Å². The number of hydrogen-bond acceptors (Lipinski definition) is 9. The van der Waals surface area contributed by atoms with Crippen molar-refractivity contribution < 1.29 is 14.1 Å². The van der Waals surface area contributed by atoms with Gasteiger partial charge >= 0.3 is 0 Å². The molecule has 1 N–H and O–H groups in total. The fourth-order valence-corrected chi connectivity index (χ4v) is 5.70. The summed E-state index contributed by atoms with van der Waals surface area (Å²) in [5, 5.41) is 14.6. The molecule has 4 rings (SSSR count). The van der Waals surface area contributed by atoms with E-state index in [9.17, 15) is 14.9 Å². The fraction of sp³-hybridized carbons (Fsp3) is 0.480. The Labute approximate surface area is 218 Å². The predicted molar refractivity (Wildman–Crippen MR) is 141 cm³/mol. The van der Waals surface area contributed by atoms with Gasteiger partial charge in [0.15, 0.2) is 5.13 Å². The molecule has 0 unspecified atom stereocenters. The van der Waals surface area contributed by atoms with Crippen LogP contribution in [0.4, 0.5) is 10.8 Å². The minimum atomic E-state index is -0.375. The summed E-state index contributed by atoms with van der Waals surface area (Å²) in [5.41, 5.74) is 0.986. The maximum atomic E-state index is 12.8. The Morgan fingerprint density at radius 1 is 1.31 bits per heavy atom. The molecule has 0 saturated carbocycles. The van der Waals surface area contributed by atoms with Crippen LogP contribution in [0.25, 0.3) is 0 Å². The number of carbonyl (C=O) groups is 1. The Bertz CT molecular complexity index is 1200. The van der Waals surface area contributed by atoms with Crippen molar-refractivity contribution in [2.24, 2.45) is 5.92 Å². The van der Waals surface area contributed by atoms with Gasteiger partial charge in [0.2, 0.25) is 11.8 Å².